The molecule has 0 bridgehead atoms. The Balaban J connectivity index is 2.00. The number of halogens is 1. The molecule has 4 rings (SSSR count). The van der Waals surface area contributed by atoms with E-state index in [1.807, 2.05) is 13.0 Å². The fourth-order valence-electron chi connectivity index (χ4n) is 2.49. The molecule has 21 heavy (non-hydrogen) atoms. The molecule has 0 unspecified atom stereocenters. The first-order valence-electron chi connectivity index (χ1n) is 6.43. The van der Waals surface area contributed by atoms with Crippen LogP contribution < -0.4 is 5.32 Å². The second kappa shape index (κ2) is 4.51. The SMILES string of the molecule is C[C@H]1CNC(=O)c2c(Cl)c(-c3ccnc4cnsc34)nn21. The Morgan fingerprint density at radius 2 is 2.38 bits per heavy atom. The van der Waals surface area contributed by atoms with E-state index in [1.54, 1.807) is 17.1 Å². The maximum absolute atomic E-state index is 12.0. The lowest BCUT2D eigenvalue weighted by Crippen LogP contribution is -2.38. The summed E-state index contributed by atoms with van der Waals surface area (Å²) in [5.41, 5.74) is 2.68. The molecule has 6 nitrogen and oxygen atoms in total. The summed E-state index contributed by atoms with van der Waals surface area (Å²) in [6.07, 6.45) is 3.41. The van der Waals surface area contributed by atoms with E-state index in [-0.39, 0.29) is 11.9 Å². The smallest absolute Gasteiger partial charge is 0.271 e. The van der Waals surface area contributed by atoms with Gasteiger partial charge in [0.25, 0.3) is 5.91 Å². The topological polar surface area (TPSA) is 72.7 Å². The van der Waals surface area contributed by atoms with E-state index < -0.39 is 0 Å². The summed E-state index contributed by atoms with van der Waals surface area (Å²) >= 11 is 7.77. The number of hydrogen-bond acceptors (Lipinski definition) is 5. The van der Waals surface area contributed by atoms with E-state index in [0.717, 1.165) is 15.8 Å². The average molecular weight is 320 g/mol. The van der Waals surface area contributed by atoms with Crippen molar-refractivity contribution in [1.82, 2.24) is 24.5 Å². The van der Waals surface area contributed by atoms with Crippen molar-refractivity contribution in [2.45, 2.75) is 13.0 Å². The van der Waals surface area contributed by atoms with Crippen LogP contribution in [0.3, 0.4) is 0 Å². The number of pyridine rings is 1. The fraction of sp³-hybridized carbons (Fsp3) is 0.231. The molecule has 3 aromatic rings. The van der Waals surface area contributed by atoms with Crippen LogP contribution in [0.1, 0.15) is 23.5 Å². The third kappa shape index (κ3) is 1.77. The van der Waals surface area contributed by atoms with E-state index in [9.17, 15) is 4.79 Å². The third-order valence-electron chi connectivity index (χ3n) is 3.55. The molecule has 1 N–H and O–H groups in total. The highest BCUT2D eigenvalue weighted by molar-refractivity contribution is 7.13. The first-order valence-corrected chi connectivity index (χ1v) is 7.58. The second-order valence-electron chi connectivity index (χ2n) is 4.91. The zero-order valence-electron chi connectivity index (χ0n) is 11.0. The molecule has 1 aliphatic rings. The Kier molecular flexibility index (Phi) is 2.73. The number of fused-ring (bicyclic) bond motifs is 2. The van der Waals surface area contributed by atoms with E-state index in [1.165, 1.54) is 11.5 Å². The van der Waals surface area contributed by atoms with E-state index in [4.69, 9.17) is 11.6 Å². The van der Waals surface area contributed by atoms with Gasteiger partial charge in [-0.25, -0.2) is 0 Å². The normalized spacial score (nSPS) is 17.8. The van der Waals surface area contributed by atoms with Crippen molar-refractivity contribution in [3.8, 4) is 11.3 Å². The van der Waals surface area contributed by atoms with Crippen molar-refractivity contribution in [2.24, 2.45) is 0 Å². The quantitative estimate of drug-likeness (QED) is 0.748. The van der Waals surface area contributed by atoms with Crippen molar-refractivity contribution in [3.05, 3.63) is 29.2 Å². The van der Waals surface area contributed by atoms with Gasteiger partial charge in [0.2, 0.25) is 0 Å². The lowest BCUT2D eigenvalue weighted by Gasteiger charge is -2.21. The second-order valence-corrected chi connectivity index (χ2v) is 6.09. The molecule has 3 aromatic heterocycles. The summed E-state index contributed by atoms with van der Waals surface area (Å²) in [6.45, 7) is 2.54. The lowest BCUT2D eigenvalue weighted by atomic mass is 10.1. The number of nitrogens with one attached hydrogen (secondary N) is 1. The minimum Gasteiger partial charge on any atom is -0.349 e. The molecular weight excluding hydrogens is 310 g/mol. The van der Waals surface area contributed by atoms with E-state index >= 15 is 0 Å². The molecule has 0 radical (unpaired) electrons. The van der Waals surface area contributed by atoms with Crippen molar-refractivity contribution in [1.29, 1.82) is 0 Å². The maximum atomic E-state index is 12.0. The van der Waals surface area contributed by atoms with Gasteiger partial charge < -0.3 is 5.32 Å². The number of amides is 1. The van der Waals surface area contributed by atoms with Crippen molar-refractivity contribution >= 4 is 39.3 Å². The van der Waals surface area contributed by atoms with Gasteiger partial charge in [0.1, 0.15) is 16.9 Å². The van der Waals surface area contributed by atoms with Crippen molar-refractivity contribution < 1.29 is 4.79 Å². The predicted molar refractivity (Wildman–Crippen MR) is 80.7 cm³/mol. The van der Waals surface area contributed by atoms with Gasteiger partial charge in [-0.2, -0.15) is 9.47 Å². The van der Waals surface area contributed by atoms with Crippen LogP contribution in [0.2, 0.25) is 5.02 Å². The Bertz CT molecular complexity index is 871. The molecular formula is C13H10ClN5OS. The van der Waals surface area contributed by atoms with E-state index in [0.29, 0.717) is 23.0 Å². The van der Waals surface area contributed by atoms with Crippen molar-refractivity contribution in [2.75, 3.05) is 6.54 Å². The lowest BCUT2D eigenvalue weighted by molar-refractivity contribution is 0.0913. The van der Waals surface area contributed by atoms with Gasteiger partial charge in [0.05, 0.1) is 22.0 Å². The van der Waals surface area contributed by atoms with Crippen LogP contribution >= 0.6 is 23.1 Å². The summed E-state index contributed by atoms with van der Waals surface area (Å²) in [5.74, 6) is -0.188. The minimum atomic E-state index is -0.188. The minimum absolute atomic E-state index is 0.0720. The molecule has 0 aromatic carbocycles. The van der Waals surface area contributed by atoms with Crippen LogP contribution in [0.25, 0.3) is 21.5 Å². The standard InChI is InChI=1S/C13H10ClN5OS/c1-6-4-16-13(20)11-9(14)10(18-19(6)11)7-2-3-15-8-5-17-21-12(7)8/h2-3,5-6H,4H2,1H3,(H,16,20)/t6-/m0/s1. The molecule has 1 aliphatic heterocycles. The summed E-state index contributed by atoms with van der Waals surface area (Å²) in [6, 6.07) is 1.92. The molecule has 1 atom stereocenters. The highest BCUT2D eigenvalue weighted by Crippen LogP contribution is 2.37. The predicted octanol–water partition coefficient (Wildman–Crippen LogP) is 2.51. The maximum Gasteiger partial charge on any atom is 0.271 e. The third-order valence-corrected chi connectivity index (χ3v) is 4.73. The molecule has 106 valence electrons. The summed E-state index contributed by atoms with van der Waals surface area (Å²) < 4.78 is 6.77. The van der Waals surface area contributed by atoms with Gasteiger partial charge in [-0.3, -0.25) is 14.5 Å². The Morgan fingerprint density at radius 3 is 3.19 bits per heavy atom. The first kappa shape index (κ1) is 12.7. The Labute approximate surface area is 128 Å². The number of rotatable bonds is 1. The number of carbonyl (C=O) groups is 1. The van der Waals surface area contributed by atoms with Crippen LogP contribution in [0.5, 0.6) is 0 Å². The van der Waals surface area contributed by atoms with Crippen molar-refractivity contribution in [3.63, 3.8) is 0 Å². The van der Waals surface area contributed by atoms with Crippen LogP contribution in [0.15, 0.2) is 18.5 Å². The van der Waals surface area contributed by atoms with Gasteiger partial charge in [-0.1, -0.05) is 11.6 Å². The molecule has 1 amide bonds. The Hall–Kier alpha value is -1.99. The molecule has 8 heteroatoms. The summed E-state index contributed by atoms with van der Waals surface area (Å²) in [7, 11) is 0. The van der Waals surface area contributed by atoms with Gasteiger partial charge in [0, 0.05) is 18.3 Å². The van der Waals surface area contributed by atoms with Crippen LogP contribution in [-0.4, -0.2) is 31.6 Å². The zero-order valence-corrected chi connectivity index (χ0v) is 12.6. The molecule has 4 heterocycles. The van der Waals surface area contributed by atoms with E-state index in [2.05, 4.69) is 19.8 Å². The summed E-state index contributed by atoms with van der Waals surface area (Å²) in [5, 5.41) is 7.75. The number of hydrogen-bond donors (Lipinski definition) is 1. The van der Waals surface area contributed by atoms with Gasteiger partial charge >= 0.3 is 0 Å². The molecule has 0 aliphatic carbocycles. The number of aromatic nitrogens is 4. The first-order chi connectivity index (χ1) is 10.2. The molecule has 0 spiro atoms. The fourth-order valence-corrected chi connectivity index (χ4v) is 3.52. The average Bonchev–Trinajstić information content (AvgIpc) is 3.08. The molecule has 0 saturated carbocycles. The Morgan fingerprint density at radius 1 is 1.52 bits per heavy atom. The number of nitrogens with zero attached hydrogens (tertiary/aromatic N) is 4. The van der Waals surface area contributed by atoms with Gasteiger partial charge in [-0.05, 0) is 24.5 Å². The van der Waals surface area contributed by atoms with Gasteiger partial charge in [0.15, 0.2) is 0 Å². The number of carbonyl (C=O) groups excluding carboxylic acids is 1. The monoisotopic (exact) mass is 319 g/mol. The highest BCUT2D eigenvalue weighted by atomic mass is 35.5. The summed E-state index contributed by atoms with van der Waals surface area (Å²) in [4.78, 5) is 16.3. The molecule has 0 saturated heterocycles. The van der Waals surface area contributed by atoms with Gasteiger partial charge in [-0.15, -0.1) is 0 Å². The van der Waals surface area contributed by atoms with Crippen LogP contribution in [0, 0.1) is 0 Å². The van der Waals surface area contributed by atoms with Crippen LogP contribution in [0.4, 0.5) is 0 Å². The van der Waals surface area contributed by atoms with Crippen LogP contribution in [-0.2, 0) is 0 Å². The molecule has 0 fully saturated rings. The highest BCUT2D eigenvalue weighted by Gasteiger charge is 2.30. The largest absolute Gasteiger partial charge is 0.349 e. The zero-order chi connectivity index (χ0) is 14.6.